The molecular formula is C13H14O6. The molecule has 0 fully saturated rings. The summed E-state index contributed by atoms with van der Waals surface area (Å²) in [4.78, 5) is 35.0. The van der Waals surface area contributed by atoms with E-state index in [1.165, 1.54) is 13.0 Å². The van der Waals surface area contributed by atoms with Crippen molar-refractivity contribution in [2.75, 3.05) is 13.7 Å². The van der Waals surface area contributed by atoms with Crippen LogP contribution in [0.1, 0.15) is 44.9 Å². The van der Waals surface area contributed by atoms with E-state index in [2.05, 4.69) is 4.74 Å². The number of Topliss-reactive ketones (excluding diaryl/α,β-unsaturated/α-hetero) is 1. The molecule has 0 aliphatic heterocycles. The predicted octanol–water partition coefficient (Wildman–Crippen LogP) is 1.56. The molecule has 0 heterocycles. The monoisotopic (exact) mass is 266 g/mol. The number of esters is 2. The van der Waals surface area contributed by atoms with Crippen LogP contribution in [-0.4, -0.2) is 36.5 Å². The van der Waals surface area contributed by atoms with Crippen molar-refractivity contribution in [3.8, 4) is 5.75 Å². The van der Waals surface area contributed by atoms with Gasteiger partial charge >= 0.3 is 11.9 Å². The molecule has 0 bridgehead atoms. The van der Waals surface area contributed by atoms with E-state index in [-0.39, 0.29) is 23.3 Å². The molecule has 0 spiro atoms. The number of rotatable bonds is 4. The normalized spacial score (nSPS) is 9.84. The molecule has 102 valence electrons. The number of phenols is 1. The number of methoxy groups -OCH3 is 1. The molecular weight excluding hydrogens is 252 g/mol. The largest absolute Gasteiger partial charge is 0.507 e. The summed E-state index contributed by atoms with van der Waals surface area (Å²) in [6.07, 6.45) is 0. The second-order valence-electron chi connectivity index (χ2n) is 3.65. The minimum Gasteiger partial charge on any atom is -0.507 e. The van der Waals surface area contributed by atoms with Gasteiger partial charge in [-0.1, -0.05) is 0 Å². The van der Waals surface area contributed by atoms with Gasteiger partial charge in [-0.15, -0.1) is 0 Å². The molecule has 0 aromatic heterocycles. The molecule has 1 aromatic rings. The van der Waals surface area contributed by atoms with Crippen molar-refractivity contribution in [2.45, 2.75) is 13.8 Å². The zero-order chi connectivity index (χ0) is 14.6. The molecule has 6 nitrogen and oxygen atoms in total. The summed E-state index contributed by atoms with van der Waals surface area (Å²) in [5, 5.41) is 9.70. The van der Waals surface area contributed by atoms with Gasteiger partial charge in [-0.2, -0.15) is 0 Å². The van der Waals surface area contributed by atoms with Crippen LogP contribution in [0.15, 0.2) is 12.1 Å². The Labute approximate surface area is 109 Å². The molecule has 0 radical (unpaired) electrons. The average molecular weight is 266 g/mol. The molecule has 0 atom stereocenters. The lowest BCUT2D eigenvalue weighted by Gasteiger charge is -2.12. The number of benzene rings is 1. The van der Waals surface area contributed by atoms with Gasteiger partial charge in [0, 0.05) is 5.56 Å². The fourth-order valence-corrected chi connectivity index (χ4v) is 1.61. The number of hydrogen-bond donors (Lipinski definition) is 1. The molecule has 0 saturated heterocycles. The van der Waals surface area contributed by atoms with E-state index in [4.69, 9.17) is 4.74 Å². The van der Waals surface area contributed by atoms with E-state index < -0.39 is 23.5 Å². The first-order valence-corrected chi connectivity index (χ1v) is 5.56. The standard InChI is InChI=1S/C13H14O6/c1-4-19-13(17)10-8(7(2)14)5-6-9(15)11(10)12(16)18-3/h5-6,15H,4H2,1-3H3. The quantitative estimate of drug-likeness (QED) is 0.657. The summed E-state index contributed by atoms with van der Waals surface area (Å²) in [5.74, 6) is -2.64. The van der Waals surface area contributed by atoms with E-state index in [0.717, 1.165) is 13.2 Å². The van der Waals surface area contributed by atoms with Gasteiger partial charge in [-0.3, -0.25) is 4.79 Å². The van der Waals surface area contributed by atoms with E-state index in [9.17, 15) is 19.5 Å². The van der Waals surface area contributed by atoms with Crippen molar-refractivity contribution in [1.82, 2.24) is 0 Å². The van der Waals surface area contributed by atoms with Crippen LogP contribution < -0.4 is 0 Å². The average Bonchev–Trinajstić information content (AvgIpc) is 2.37. The SMILES string of the molecule is CCOC(=O)c1c(C(C)=O)ccc(O)c1C(=O)OC. The first-order chi connectivity index (χ1) is 8.93. The zero-order valence-corrected chi connectivity index (χ0v) is 10.9. The fourth-order valence-electron chi connectivity index (χ4n) is 1.61. The lowest BCUT2D eigenvalue weighted by molar-refractivity contribution is 0.0499. The first kappa shape index (κ1) is 14.7. The van der Waals surface area contributed by atoms with Crippen LogP contribution in [0.2, 0.25) is 0 Å². The molecule has 0 unspecified atom stereocenters. The molecule has 0 saturated carbocycles. The Morgan fingerprint density at radius 3 is 2.26 bits per heavy atom. The summed E-state index contributed by atoms with van der Waals surface area (Å²) >= 11 is 0. The van der Waals surface area contributed by atoms with Gasteiger partial charge < -0.3 is 14.6 Å². The molecule has 1 N–H and O–H groups in total. The van der Waals surface area contributed by atoms with E-state index in [0.29, 0.717) is 0 Å². The predicted molar refractivity (Wildman–Crippen MR) is 65.4 cm³/mol. The van der Waals surface area contributed by atoms with Crippen LogP contribution in [0.4, 0.5) is 0 Å². The topological polar surface area (TPSA) is 89.9 Å². The Bertz CT molecular complexity index is 532. The second kappa shape index (κ2) is 5.99. The van der Waals surface area contributed by atoms with Crippen LogP contribution in [0, 0.1) is 0 Å². The highest BCUT2D eigenvalue weighted by atomic mass is 16.5. The van der Waals surface area contributed by atoms with E-state index in [1.54, 1.807) is 6.92 Å². The Morgan fingerprint density at radius 2 is 1.79 bits per heavy atom. The summed E-state index contributed by atoms with van der Waals surface area (Å²) < 4.78 is 9.30. The lowest BCUT2D eigenvalue weighted by atomic mass is 9.97. The molecule has 0 amide bonds. The van der Waals surface area contributed by atoms with Crippen molar-refractivity contribution >= 4 is 17.7 Å². The number of hydrogen-bond acceptors (Lipinski definition) is 6. The zero-order valence-electron chi connectivity index (χ0n) is 10.9. The summed E-state index contributed by atoms with van der Waals surface area (Å²) in [6.45, 7) is 2.91. The van der Waals surface area contributed by atoms with Gasteiger partial charge in [0.25, 0.3) is 0 Å². The maximum Gasteiger partial charge on any atom is 0.342 e. The smallest absolute Gasteiger partial charge is 0.342 e. The van der Waals surface area contributed by atoms with Crippen molar-refractivity contribution in [1.29, 1.82) is 0 Å². The van der Waals surface area contributed by atoms with Gasteiger partial charge in [0.15, 0.2) is 5.78 Å². The molecule has 0 aliphatic carbocycles. The molecule has 0 aliphatic rings. The number of carbonyl (C=O) groups excluding carboxylic acids is 3. The highest BCUT2D eigenvalue weighted by Gasteiger charge is 2.27. The van der Waals surface area contributed by atoms with Gasteiger partial charge in [0.1, 0.15) is 11.3 Å². The van der Waals surface area contributed by atoms with Crippen LogP contribution in [-0.2, 0) is 9.47 Å². The highest BCUT2D eigenvalue weighted by molar-refractivity contribution is 6.12. The Balaban J connectivity index is 3.59. The molecule has 6 heteroatoms. The maximum atomic E-state index is 11.9. The lowest BCUT2D eigenvalue weighted by Crippen LogP contribution is -2.17. The number of ketones is 1. The van der Waals surface area contributed by atoms with Crippen LogP contribution >= 0.6 is 0 Å². The summed E-state index contributed by atoms with van der Waals surface area (Å²) in [7, 11) is 1.11. The second-order valence-corrected chi connectivity index (χ2v) is 3.65. The van der Waals surface area contributed by atoms with Gasteiger partial charge in [0.2, 0.25) is 0 Å². The van der Waals surface area contributed by atoms with Crippen LogP contribution in [0.3, 0.4) is 0 Å². The van der Waals surface area contributed by atoms with E-state index in [1.807, 2.05) is 0 Å². The minimum atomic E-state index is -0.913. The number of ether oxygens (including phenoxy) is 2. The fraction of sp³-hybridized carbons (Fsp3) is 0.308. The van der Waals surface area contributed by atoms with Crippen molar-refractivity contribution in [3.63, 3.8) is 0 Å². The van der Waals surface area contributed by atoms with Gasteiger partial charge in [0.05, 0.1) is 19.3 Å². The molecule has 1 rings (SSSR count). The Hall–Kier alpha value is -2.37. The number of carbonyl (C=O) groups is 3. The van der Waals surface area contributed by atoms with Gasteiger partial charge in [-0.25, -0.2) is 9.59 Å². The third-order valence-electron chi connectivity index (χ3n) is 2.43. The van der Waals surface area contributed by atoms with Crippen LogP contribution in [0.5, 0.6) is 5.75 Å². The molecule has 1 aromatic carbocycles. The third kappa shape index (κ3) is 2.90. The van der Waals surface area contributed by atoms with Gasteiger partial charge in [-0.05, 0) is 26.0 Å². The van der Waals surface area contributed by atoms with Crippen LogP contribution in [0.25, 0.3) is 0 Å². The Kier molecular flexibility index (Phi) is 4.63. The third-order valence-corrected chi connectivity index (χ3v) is 2.43. The highest BCUT2D eigenvalue weighted by Crippen LogP contribution is 2.26. The van der Waals surface area contributed by atoms with E-state index >= 15 is 0 Å². The number of aromatic hydroxyl groups is 1. The first-order valence-electron chi connectivity index (χ1n) is 5.56. The summed E-state index contributed by atoms with van der Waals surface area (Å²) in [6, 6.07) is 2.42. The number of phenolic OH excluding ortho intramolecular Hbond substituents is 1. The molecule has 19 heavy (non-hydrogen) atoms. The van der Waals surface area contributed by atoms with Crippen molar-refractivity contribution < 1.29 is 29.0 Å². The minimum absolute atomic E-state index is 0.00310. The maximum absolute atomic E-state index is 11.9. The van der Waals surface area contributed by atoms with Crippen molar-refractivity contribution in [2.24, 2.45) is 0 Å². The Morgan fingerprint density at radius 1 is 1.16 bits per heavy atom. The summed E-state index contributed by atoms with van der Waals surface area (Å²) in [5.41, 5.74) is -0.647. The van der Waals surface area contributed by atoms with Crippen molar-refractivity contribution in [3.05, 3.63) is 28.8 Å².